The van der Waals surface area contributed by atoms with E-state index in [2.05, 4.69) is 10.6 Å². The lowest BCUT2D eigenvalue weighted by Crippen LogP contribution is -2.26. The van der Waals surface area contributed by atoms with Crippen LogP contribution < -0.4 is 15.4 Å². The minimum Gasteiger partial charge on any atom is -0.481 e. The Bertz CT molecular complexity index is 708. The Hall–Kier alpha value is -2.82. The van der Waals surface area contributed by atoms with E-state index in [-0.39, 0.29) is 18.4 Å². The molecule has 2 amide bonds. The van der Waals surface area contributed by atoms with Crippen molar-refractivity contribution in [1.29, 1.82) is 0 Å². The van der Waals surface area contributed by atoms with Crippen molar-refractivity contribution in [1.82, 2.24) is 0 Å². The lowest BCUT2D eigenvalue weighted by molar-refractivity contribution is -0.118. The van der Waals surface area contributed by atoms with Gasteiger partial charge in [0.2, 0.25) is 0 Å². The number of hydrogen-bond donors (Lipinski definition) is 2. The molecule has 0 saturated heterocycles. The predicted molar refractivity (Wildman–Crippen MR) is 79.7 cm³/mol. The number of rotatable bonds is 2. The molecular formula is C16H14N2O3. The summed E-state index contributed by atoms with van der Waals surface area (Å²) in [4.78, 5) is 23.7. The summed E-state index contributed by atoms with van der Waals surface area (Å²) < 4.78 is 5.32. The molecule has 2 aromatic carbocycles. The first-order valence-corrected chi connectivity index (χ1v) is 6.57. The number of nitrogens with one attached hydrogen (secondary N) is 2. The van der Waals surface area contributed by atoms with Gasteiger partial charge in [0.25, 0.3) is 11.8 Å². The van der Waals surface area contributed by atoms with Crippen LogP contribution >= 0.6 is 0 Å². The third-order valence-electron chi connectivity index (χ3n) is 3.21. The number of anilines is 2. The van der Waals surface area contributed by atoms with Crippen LogP contribution in [0.5, 0.6) is 5.75 Å². The monoisotopic (exact) mass is 282 g/mol. The maximum atomic E-state index is 12.2. The quantitative estimate of drug-likeness (QED) is 0.889. The summed E-state index contributed by atoms with van der Waals surface area (Å²) in [6, 6.07) is 12.5. The number of fused-ring (bicyclic) bond motifs is 1. The van der Waals surface area contributed by atoms with E-state index in [1.165, 1.54) is 0 Å². The maximum Gasteiger partial charge on any atom is 0.262 e. The van der Waals surface area contributed by atoms with E-state index >= 15 is 0 Å². The minimum absolute atomic E-state index is 0.0115. The van der Waals surface area contributed by atoms with Gasteiger partial charge in [-0.1, -0.05) is 23.8 Å². The highest BCUT2D eigenvalue weighted by Crippen LogP contribution is 2.34. The Labute approximate surface area is 121 Å². The Balaban J connectivity index is 1.87. The lowest BCUT2D eigenvalue weighted by Gasteiger charge is -2.20. The number of aryl methyl sites for hydroxylation is 1. The first kappa shape index (κ1) is 13.2. The molecular weight excluding hydrogens is 268 g/mol. The molecule has 0 radical (unpaired) electrons. The zero-order valence-corrected chi connectivity index (χ0v) is 11.5. The average molecular weight is 282 g/mol. The second-order valence-electron chi connectivity index (χ2n) is 4.84. The molecule has 2 aromatic rings. The largest absolute Gasteiger partial charge is 0.481 e. The molecule has 21 heavy (non-hydrogen) atoms. The van der Waals surface area contributed by atoms with Crippen LogP contribution in [0.2, 0.25) is 0 Å². The van der Waals surface area contributed by atoms with Crippen LogP contribution in [-0.2, 0) is 4.79 Å². The molecule has 3 rings (SSSR count). The number of carbonyl (C=O) groups excluding carboxylic acids is 2. The molecule has 5 nitrogen and oxygen atoms in total. The second kappa shape index (κ2) is 5.28. The van der Waals surface area contributed by atoms with Crippen molar-refractivity contribution in [3.63, 3.8) is 0 Å². The molecule has 1 heterocycles. The van der Waals surface area contributed by atoms with Crippen LogP contribution in [0.15, 0.2) is 42.5 Å². The van der Waals surface area contributed by atoms with Crippen molar-refractivity contribution in [2.24, 2.45) is 0 Å². The fourth-order valence-electron chi connectivity index (χ4n) is 2.10. The fraction of sp³-hybridized carbons (Fsp3) is 0.125. The highest BCUT2D eigenvalue weighted by molar-refractivity contribution is 6.08. The zero-order chi connectivity index (χ0) is 14.8. The van der Waals surface area contributed by atoms with Gasteiger partial charge in [-0.3, -0.25) is 9.59 Å². The summed E-state index contributed by atoms with van der Waals surface area (Å²) in [7, 11) is 0. The normalized spacial score (nSPS) is 12.9. The van der Waals surface area contributed by atoms with Gasteiger partial charge in [-0.2, -0.15) is 0 Å². The van der Waals surface area contributed by atoms with Crippen LogP contribution in [0.4, 0.5) is 11.4 Å². The standard InChI is InChI=1S/C16H14N2O3/c1-10-5-7-11(8-6-10)16(20)17-12-3-2-4-13-15(12)18-14(19)9-21-13/h2-8H,9H2,1H3,(H,17,20)(H,18,19). The first-order chi connectivity index (χ1) is 10.1. The van der Waals surface area contributed by atoms with Crippen LogP contribution in [0.25, 0.3) is 0 Å². The summed E-state index contributed by atoms with van der Waals surface area (Å²) in [5.41, 5.74) is 2.66. The van der Waals surface area contributed by atoms with Gasteiger partial charge in [0, 0.05) is 5.56 Å². The predicted octanol–water partition coefficient (Wildman–Crippen LogP) is 2.58. The topological polar surface area (TPSA) is 67.4 Å². The summed E-state index contributed by atoms with van der Waals surface area (Å²) in [5, 5.41) is 5.51. The van der Waals surface area contributed by atoms with E-state index in [4.69, 9.17) is 4.74 Å². The molecule has 2 N–H and O–H groups in total. The van der Waals surface area contributed by atoms with Gasteiger partial charge in [-0.05, 0) is 31.2 Å². The van der Waals surface area contributed by atoms with Gasteiger partial charge in [0.1, 0.15) is 11.4 Å². The van der Waals surface area contributed by atoms with E-state index in [9.17, 15) is 9.59 Å². The molecule has 0 bridgehead atoms. The minimum atomic E-state index is -0.237. The number of ether oxygens (including phenoxy) is 1. The molecule has 0 fully saturated rings. The number of hydrogen-bond acceptors (Lipinski definition) is 3. The van der Waals surface area contributed by atoms with Gasteiger partial charge in [0.05, 0.1) is 5.69 Å². The summed E-state index contributed by atoms with van der Waals surface area (Å²) >= 11 is 0. The molecule has 0 spiro atoms. The van der Waals surface area contributed by atoms with Crippen LogP contribution in [0.3, 0.4) is 0 Å². The first-order valence-electron chi connectivity index (χ1n) is 6.57. The molecule has 0 saturated carbocycles. The molecule has 0 unspecified atom stereocenters. The number of amides is 2. The van der Waals surface area contributed by atoms with Gasteiger partial charge in [-0.15, -0.1) is 0 Å². The Morgan fingerprint density at radius 2 is 1.95 bits per heavy atom. The molecule has 0 aromatic heterocycles. The van der Waals surface area contributed by atoms with E-state index in [0.29, 0.717) is 22.7 Å². The maximum absolute atomic E-state index is 12.2. The zero-order valence-electron chi connectivity index (χ0n) is 11.5. The molecule has 106 valence electrons. The van der Waals surface area contributed by atoms with E-state index in [1.54, 1.807) is 30.3 Å². The van der Waals surface area contributed by atoms with Gasteiger partial charge in [0.15, 0.2) is 6.61 Å². The van der Waals surface area contributed by atoms with Gasteiger partial charge >= 0.3 is 0 Å². The van der Waals surface area contributed by atoms with Crippen molar-refractivity contribution >= 4 is 23.2 Å². The Kier molecular flexibility index (Phi) is 3.31. The highest BCUT2D eigenvalue weighted by atomic mass is 16.5. The fourth-order valence-corrected chi connectivity index (χ4v) is 2.10. The van der Waals surface area contributed by atoms with Crippen molar-refractivity contribution in [3.05, 3.63) is 53.6 Å². The second-order valence-corrected chi connectivity index (χ2v) is 4.84. The highest BCUT2D eigenvalue weighted by Gasteiger charge is 2.20. The average Bonchev–Trinajstić information content (AvgIpc) is 2.48. The number of carbonyl (C=O) groups is 2. The lowest BCUT2D eigenvalue weighted by atomic mass is 10.1. The molecule has 1 aliphatic rings. The van der Waals surface area contributed by atoms with Gasteiger partial charge < -0.3 is 15.4 Å². The number of benzene rings is 2. The summed E-state index contributed by atoms with van der Waals surface area (Å²) in [6.45, 7) is 1.95. The molecule has 5 heteroatoms. The van der Waals surface area contributed by atoms with E-state index in [1.807, 2.05) is 19.1 Å². The third-order valence-corrected chi connectivity index (χ3v) is 3.21. The summed E-state index contributed by atoms with van der Waals surface area (Å²) in [6.07, 6.45) is 0. The van der Waals surface area contributed by atoms with Crippen LogP contribution in [0.1, 0.15) is 15.9 Å². The van der Waals surface area contributed by atoms with Crippen molar-refractivity contribution in [2.75, 3.05) is 17.2 Å². The Morgan fingerprint density at radius 3 is 2.71 bits per heavy atom. The summed E-state index contributed by atoms with van der Waals surface area (Å²) in [5.74, 6) is 0.0825. The third kappa shape index (κ3) is 2.72. The van der Waals surface area contributed by atoms with Crippen LogP contribution in [-0.4, -0.2) is 18.4 Å². The Morgan fingerprint density at radius 1 is 1.19 bits per heavy atom. The van der Waals surface area contributed by atoms with Crippen LogP contribution in [0, 0.1) is 6.92 Å². The van der Waals surface area contributed by atoms with Crippen molar-refractivity contribution in [2.45, 2.75) is 6.92 Å². The SMILES string of the molecule is Cc1ccc(C(=O)Nc2cccc3c2NC(=O)CO3)cc1. The van der Waals surface area contributed by atoms with Crippen molar-refractivity contribution < 1.29 is 14.3 Å². The molecule has 0 aliphatic carbocycles. The molecule has 0 atom stereocenters. The van der Waals surface area contributed by atoms with E-state index < -0.39 is 0 Å². The van der Waals surface area contributed by atoms with E-state index in [0.717, 1.165) is 5.56 Å². The molecule has 1 aliphatic heterocycles. The number of para-hydroxylation sites is 1. The smallest absolute Gasteiger partial charge is 0.262 e. The van der Waals surface area contributed by atoms with Crippen molar-refractivity contribution in [3.8, 4) is 5.75 Å². The van der Waals surface area contributed by atoms with Gasteiger partial charge in [-0.25, -0.2) is 0 Å².